The molecule has 0 saturated carbocycles. The van der Waals surface area contributed by atoms with Crippen LogP contribution in [0.25, 0.3) is 0 Å². The molecule has 3 rings (SSSR count). The molecule has 28 heavy (non-hydrogen) atoms. The first-order valence-electron chi connectivity index (χ1n) is 11.3. The number of aromatic nitrogens is 1. The van der Waals surface area contributed by atoms with Crippen molar-refractivity contribution in [2.75, 3.05) is 11.1 Å². The molecule has 3 aromatic rings. The molecule has 1 amide bonds. The van der Waals surface area contributed by atoms with Crippen LogP contribution in [0.5, 0.6) is 0 Å². The fourth-order valence-electron chi connectivity index (χ4n) is 2.57. The average molecular weight is 401 g/mol. The molecule has 0 aliphatic heterocycles. The number of thiazole rings is 1. The summed E-state index contributed by atoms with van der Waals surface area (Å²) in [7, 11) is 0. The number of hydrogen-bond donors (Lipinski definition) is 3. The fraction of sp³-hybridized carbons (Fsp3) is 0.273. The lowest BCUT2D eigenvalue weighted by Crippen LogP contribution is -2.14. The molecule has 0 saturated heterocycles. The summed E-state index contributed by atoms with van der Waals surface area (Å²) < 4.78 is 41.1. The molecule has 0 aliphatic carbocycles. The highest BCUT2D eigenvalue weighted by molar-refractivity contribution is 7.13. The summed E-state index contributed by atoms with van der Waals surface area (Å²) >= 11 is 0.989. The first-order chi connectivity index (χ1) is 15.5. The standard InChI is InChI=1S/C22H25N3O2S/c23-22-25-19(15-28-22)14-21(27)24-18-12-10-16(11-13-18)6-4-5-9-20(26)17-7-2-1-3-8-17/h1-3,7-8,10-13,15,20,26H,4-6,9,14H2,(H2,23,25)(H,24,27)/t20-/m0/s1/i4D2,6D2,15D. The second kappa shape index (κ2) is 10.0. The van der Waals surface area contributed by atoms with Gasteiger partial charge in [-0.2, -0.15) is 0 Å². The molecule has 0 bridgehead atoms. The Hall–Kier alpha value is -2.70. The predicted octanol–water partition coefficient (Wildman–Crippen LogP) is 4.35. The number of aliphatic hydroxyl groups excluding tert-OH is 1. The summed E-state index contributed by atoms with van der Waals surface area (Å²) in [5.74, 6) is -0.394. The summed E-state index contributed by atoms with van der Waals surface area (Å²) in [5, 5.41) is 13.3. The van der Waals surface area contributed by atoms with Crippen molar-refractivity contribution in [2.24, 2.45) is 0 Å². The van der Waals surface area contributed by atoms with Crippen LogP contribution >= 0.6 is 11.3 Å². The Kier molecular flexibility index (Phi) is 5.12. The summed E-state index contributed by atoms with van der Waals surface area (Å²) in [4.78, 5) is 16.2. The lowest BCUT2D eigenvalue weighted by Gasteiger charge is -2.10. The maximum Gasteiger partial charge on any atom is 0.230 e. The highest BCUT2D eigenvalue weighted by Crippen LogP contribution is 2.20. The highest BCUT2D eigenvalue weighted by Gasteiger charge is 2.08. The van der Waals surface area contributed by atoms with Gasteiger partial charge < -0.3 is 16.2 Å². The van der Waals surface area contributed by atoms with E-state index in [1.807, 2.05) is 6.07 Å². The van der Waals surface area contributed by atoms with Crippen molar-refractivity contribution in [2.45, 2.75) is 38.1 Å². The van der Waals surface area contributed by atoms with E-state index in [0.717, 1.165) is 11.3 Å². The number of hydrogen-bond acceptors (Lipinski definition) is 5. The molecule has 5 nitrogen and oxygen atoms in total. The SMILES string of the molecule is [2H]c1sc(N)nc1CC(=O)Nc1ccc(C([2H])([2H])C([2H])([2H])CC[C@H](O)c2ccccc2)cc1. The summed E-state index contributed by atoms with van der Waals surface area (Å²) in [5.41, 5.74) is 7.03. The van der Waals surface area contributed by atoms with Gasteiger partial charge in [0.05, 0.1) is 19.6 Å². The molecule has 1 heterocycles. The average Bonchev–Trinajstić information content (AvgIpc) is 3.09. The maximum atomic E-state index is 12.2. The second-order valence-electron chi connectivity index (χ2n) is 6.17. The van der Waals surface area contributed by atoms with Gasteiger partial charge in [-0.25, -0.2) is 4.98 Å². The van der Waals surface area contributed by atoms with Crippen LogP contribution in [0.3, 0.4) is 0 Å². The smallest absolute Gasteiger partial charge is 0.230 e. The van der Waals surface area contributed by atoms with Crippen LogP contribution in [-0.4, -0.2) is 16.0 Å². The summed E-state index contributed by atoms with van der Waals surface area (Å²) in [6.07, 6.45) is -5.65. The minimum absolute atomic E-state index is 0.0732. The Morgan fingerprint density at radius 1 is 1.25 bits per heavy atom. The van der Waals surface area contributed by atoms with Crippen LogP contribution in [0.1, 0.15) is 49.0 Å². The molecular formula is C22H25N3O2S. The van der Waals surface area contributed by atoms with E-state index in [4.69, 9.17) is 12.6 Å². The Bertz CT molecular complexity index is 1090. The Labute approximate surface area is 176 Å². The minimum Gasteiger partial charge on any atom is -0.388 e. The largest absolute Gasteiger partial charge is 0.388 e. The van der Waals surface area contributed by atoms with Crippen molar-refractivity contribution in [1.29, 1.82) is 0 Å². The van der Waals surface area contributed by atoms with E-state index in [1.165, 1.54) is 24.3 Å². The van der Waals surface area contributed by atoms with E-state index in [0.29, 0.717) is 11.3 Å². The number of anilines is 2. The lowest BCUT2D eigenvalue weighted by molar-refractivity contribution is -0.115. The van der Waals surface area contributed by atoms with Gasteiger partial charge >= 0.3 is 0 Å². The third-order valence-electron chi connectivity index (χ3n) is 3.98. The number of nitrogens with zero attached hydrogens (tertiary/aromatic N) is 1. The Morgan fingerprint density at radius 2 is 2.00 bits per heavy atom. The first kappa shape index (κ1) is 14.3. The molecule has 146 valence electrons. The van der Waals surface area contributed by atoms with E-state index in [9.17, 15) is 9.90 Å². The van der Waals surface area contributed by atoms with Gasteiger partial charge in [0, 0.05) is 16.5 Å². The van der Waals surface area contributed by atoms with Crippen molar-refractivity contribution >= 4 is 28.1 Å². The van der Waals surface area contributed by atoms with Crippen molar-refractivity contribution in [3.8, 4) is 0 Å². The number of nitrogens with one attached hydrogen (secondary N) is 1. The number of carbonyl (C=O) groups excluding carboxylic acids is 1. The van der Waals surface area contributed by atoms with Gasteiger partial charge in [-0.1, -0.05) is 48.9 Å². The van der Waals surface area contributed by atoms with E-state index in [-0.39, 0.29) is 41.0 Å². The van der Waals surface area contributed by atoms with Crippen molar-refractivity contribution in [3.63, 3.8) is 0 Å². The predicted molar refractivity (Wildman–Crippen MR) is 114 cm³/mol. The Morgan fingerprint density at radius 3 is 2.68 bits per heavy atom. The number of aryl methyl sites for hydroxylation is 1. The van der Waals surface area contributed by atoms with E-state index in [2.05, 4.69) is 10.3 Å². The van der Waals surface area contributed by atoms with Gasteiger partial charge in [0.15, 0.2) is 5.13 Å². The third-order valence-corrected chi connectivity index (χ3v) is 4.61. The molecule has 0 radical (unpaired) electrons. The van der Waals surface area contributed by atoms with Crippen LogP contribution < -0.4 is 11.1 Å². The molecule has 6 heteroatoms. The molecular weight excluding hydrogens is 370 g/mol. The lowest BCUT2D eigenvalue weighted by atomic mass is 10.0. The van der Waals surface area contributed by atoms with E-state index in [1.54, 1.807) is 24.3 Å². The second-order valence-corrected chi connectivity index (χ2v) is 7.00. The highest BCUT2D eigenvalue weighted by atomic mass is 32.1. The number of amides is 1. The van der Waals surface area contributed by atoms with Crippen LogP contribution in [0.2, 0.25) is 0 Å². The van der Waals surface area contributed by atoms with Gasteiger partial charge in [0.25, 0.3) is 0 Å². The van der Waals surface area contributed by atoms with Gasteiger partial charge in [-0.3, -0.25) is 4.79 Å². The van der Waals surface area contributed by atoms with Gasteiger partial charge in [0.2, 0.25) is 5.91 Å². The first-order valence-corrected chi connectivity index (χ1v) is 9.66. The van der Waals surface area contributed by atoms with Gasteiger partial charge in [-0.05, 0) is 42.4 Å². The van der Waals surface area contributed by atoms with Crippen LogP contribution in [-0.2, 0) is 17.6 Å². The zero-order valence-electron chi connectivity index (χ0n) is 20.2. The van der Waals surface area contributed by atoms with Crippen molar-refractivity contribution in [1.82, 2.24) is 4.98 Å². The van der Waals surface area contributed by atoms with E-state index < -0.39 is 24.8 Å². The molecule has 0 aliphatic rings. The number of nitrogens with two attached hydrogens (primary N) is 1. The molecule has 0 fully saturated rings. The van der Waals surface area contributed by atoms with Gasteiger partial charge in [-0.15, -0.1) is 11.3 Å². The quantitative estimate of drug-likeness (QED) is 0.498. The summed E-state index contributed by atoms with van der Waals surface area (Å²) in [6, 6.07) is 14.7. The number of carbonyl (C=O) groups is 1. The summed E-state index contributed by atoms with van der Waals surface area (Å²) in [6.45, 7) is 0. The maximum absolute atomic E-state index is 12.2. The van der Waals surface area contributed by atoms with E-state index >= 15 is 0 Å². The number of rotatable bonds is 9. The zero-order valence-corrected chi connectivity index (χ0v) is 16.0. The topological polar surface area (TPSA) is 88.2 Å². The number of nitrogen functional groups attached to an aromatic ring is 1. The molecule has 1 aromatic heterocycles. The zero-order chi connectivity index (χ0) is 24.2. The van der Waals surface area contributed by atoms with Crippen molar-refractivity contribution in [3.05, 3.63) is 76.8 Å². The molecule has 1 atom stereocenters. The normalized spacial score (nSPS) is 15.5. The molecule has 0 spiro atoms. The third kappa shape index (κ3) is 6.18. The van der Waals surface area contributed by atoms with Crippen LogP contribution in [0.4, 0.5) is 10.8 Å². The van der Waals surface area contributed by atoms with Gasteiger partial charge in [0.1, 0.15) is 0 Å². The minimum atomic E-state index is -2.32. The number of aliphatic hydroxyl groups is 1. The monoisotopic (exact) mass is 400 g/mol. The molecule has 4 N–H and O–H groups in total. The molecule has 0 unspecified atom stereocenters. The fourth-order valence-corrected chi connectivity index (χ4v) is 3.07. The molecule has 2 aromatic carbocycles. The van der Waals surface area contributed by atoms with Crippen LogP contribution in [0.15, 0.2) is 60.0 Å². The number of benzene rings is 2. The van der Waals surface area contributed by atoms with Crippen LogP contribution in [0, 0.1) is 0 Å². The Balaban J connectivity index is 1.62. The van der Waals surface area contributed by atoms with Crippen molar-refractivity contribution < 1.29 is 16.8 Å².